The first-order valence-electron chi connectivity index (χ1n) is 10.4. The summed E-state index contributed by atoms with van der Waals surface area (Å²) in [6.07, 6.45) is 0.114. The van der Waals surface area contributed by atoms with Crippen LogP contribution in [0, 0.1) is 0 Å². The number of carbonyl (C=O) groups is 1. The molecule has 31 heavy (non-hydrogen) atoms. The van der Waals surface area contributed by atoms with Crippen LogP contribution in [0.3, 0.4) is 0 Å². The SMILES string of the molecule is COc1cc(C(=O)NCC(CC(C)O)c2ccccc2)ccc1OCc1ccccc1. The Kier molecular flexibility index (Phi) is 8.07. The zero-order chi connectivity index (χ0) is 22.1. The Balaban J connectivity index is 1.65. The van der Waals surface area contributed by atoms with Crippen LogP contribution >= 0.6 is 0 Å². The Labute approximate surface area is 183 Å². The molecule has 2 N–H and O–H groups in total. The van der Waals surface area contributed by atoms with E-state index in [0.29, 0.717) is 36.6 Å². The molecule has 0 aliphatic heterocycles. The van der Waals surface area contributed by atoms with E-state index in [4.69, 9.17) is 9.47 Å². The lowest BCUT2D eigenvalue weighted by atomic mass is 9.93. The van der Waals surface area contributed by atoms with E-state index in [0.717, 1.165) is 11.1 Å². The zero-order valence-electron chi connectivity index (χ0n) is 18.0. The summed E-state index contributed by atoms with van der Waals surface area (Å²) < 4.78 is 11.3. The molecule has 0 fully saturated rings. The minimum atomic E-state index is -0.455. The van der Waals surface area contributed by atoms with E-state index < -0.39 is 6.10 Å². The third-order valence-corrected chi connectivity index (χ3v) is 5.07. The highest BCUT2D eigenvalue weighted by Crippen LogP contribution is 2.29. The summed E-state index contributed by atoms with van der Waals surface area (Å²) in [5.41, 5.74) is 2.63. The number of hydrogen-bond donors (Lipinski definition) is 2. The molecule has 0 aliphatic rings. The Hall–Kier alpha value is -3.31. The molecule has 0 aliphatic carbocycles. The van der Waals surface area contributed by atoms with Crippen LogP contribution < -0.4 is 14.8 Å². The molecule has 0 aromatic heterocycles. The Morgan fingerprint density at radius 2 is 1.65 bits per heavy atom. The van der Waals surface area contributed by atoms with E-state index in [-0.39, 0.29) is 11.8 Å². The average molecular weight is 420 g/mol. The van der Waals surface area contributed by atoms with Crippen molar-refractivity contribution in [3.05, 3.63) is 95.6 Å². The maximum atomic E-state index is 12.8. The highest BCUT2D eigenvalue weighted by atomic mass is 16.5. The number of benzene rings is 3. The molecule has 162 valence electrons. The van der Waals surface area contributed by atoms with E-state index in [1.807, 2.05) is 60.7 Å². The fraction of sp³-hybridized carbons (Fsp3) is 0.269. The largest absolute Gasteiger partial charge is 0.493 e. The second-order valence-corrected chi connectivity index (χ2v) is 7.54. The number of rotatable bonds is 10. The molecule has 0 saturated heterocycles. The number of amides is 1. The fourth-order valence-corrected chi connectivity index (χ4v) is 3.46. The van der Waals surface area contributed by atoms with Gasteiger partial charge in [-0.25, -0.2) is 0 Å². The van der Waals surface area contributed by atoms with Gasteiger partial charge in [0.05, 0.1) is 13.2 Å². The monoisotopic (exact) mass is 419 g/mol. The molecule has 5 nitrogen and oxygen atoms in total. The van der Waals surface area contributed by atoms with Gasteiger partial charge < -0.3 is 19.9 Å². The fourth-order valence-electron chi connectivity index (χ4n) is 3.46. The number of nitrogens with one attached hydrogen (secondary N) is 1. The van der Waals surface area contributed by atoms with Crippen molar-refractivity contribution >= 4 is 5.91 Å². The molecule has 0 saturated carbocycles. The van der Waals surface area contributed by atoms with Crippen LogP contribution in [0.4, 0.5) is 0 Å². The zero-order valence-corrected chi connectivity index (χ0v) is 18.0. The van der Waals surface area contributed by atoms with Gasteiger partial charge in [0.2, 0.25) is 0 Å². The summed E-state index contributed by atoms with van der Waals surface area (Å²) in [5, 5.41) is 12.8. The first-order chi connectivity index (χ1) is 15.1. The smallest absolute Gasteiger partial charge is 0.251 e. The van der Waals surface area contributed by atoms with Gasteiger partial charge in [-0.3, -0.25) is 4.79 Å². The number of aliphatic hydroxyl groups excluding tert-OH is 1. The van der Waals surface area contributed by atoms with Gasteiger partial charge >= 0.3 is 0 Å². The topological polar surface area (TPSA) is 67.8 Å². The first-order valence-corrected chi connectivity index (χ1v) is 10.4. The van der Waals surface area contributed by atoms with Gasteiger partial charge in [0, 0.05) is 18.0 Å². The van der Waals surface area contributed by atoms with Gasteiger partial charge in [-0.15, -0.1) is 0 Å². The van der Waals surface area contributed by atoms with Gasteiger partial charge in [-0.1, -0.05) is 60.7 Å². The molecule has 3 aromatic carbocycles. The van der Waals surface area contributed by atoms with Crippen molar-refractivity contribution in [1.29, 1.82) is 0 Å². The molecule has 0 heterocycles. The van der Waals surface area contributed by atoms with Gasteiger partial charge in [-0.2, -0.15) is 0 Å². The molecular weight excluding hydrogens is 390 g/mol. The minimum Gasteiger partial charge on any atom is -0.493 e. The van der Waals surface area contributed by atoms with Crippen molar-refractivity contribution in [1.82, 2.24) is 5.32 Å². The van der Waals surface area contributed by atoms with Crippen molar-refractivity contribution in [3.63, 3.8) is 0 Å². The third-order valence-electron chi connectivity index (χ3n) is 5.07. The molecule has 3 aromatic rings. The van der Waals surface area contributed by atoms with Crippen molar-refractivity contribution in [2.45, 2.75) is 32.0 Å². The molecule has 3 rings (SSSR count). The molecule has 5 heteroatoms. The summed E-state index contributed by atoms with van der Waals surface area (Å²) in [7, 11) is 1.56. The number of methoxy groups -OCH3 is 1. The Morgan fingerprint density at radius 1 is 0.968 bits per heavy atom. The molecule has 2 atom stereocenters. The third kappa shape index (κ3) is 6.59. The van der Waals surface area contributed by atoms with Gasteiger partial charge in [0.1, 0.15) is 6.61 Å². The Bertz CT molecular complexity index is 958. The van der Waals surface area contributed by atoms with Gasteiger partial charge in [0.15, 0.2) is 11.5 Å². The maximum absolute atomic E-state index is 12.8. The number of aliphatic hydroxyl groups is 1. The number of hydrogen-bond acceptors (Lipinski definition) is 4. The van der Waals surface area contributed by atoms with Crippen LogP contribution in [-0.4, -0.2) is 30.8 Å². The molecule has 2 unspecified atom stereocenters. The maximum Gasteiger partial charge on any atom is 0.251 e. The lowest BCUT2D eigenvalue weighted by molar-refractivity contribution is 0.0945. The van der Waals surface area contributed by atoms with E-state index in [1.54, 1.807) is 32.2 Å². The quantitative estimate of drug-likeness (QED) is 0.506. The van der Waals surface area contributed by atoms with Crippen LogP contribution in [0.5, 0.6) is 11.5 Å². The molecule has 1 amide bonds. The molecule has 0 spiro atoms. The average Bonchev–Trinajstić information content (AvgIpc) is 2.81. The molecule has 0 bridgehead atoms. The number of ether oxygens (including phenoxy) is 2. The van der Waals surface area contributed by atoms with Crippen LogP contribution in [0.25, 0.3) is 0 Å². The summed E-state index contributed by atoms with van der Waals surface area (Å²) in [6, 6.07) is 24.9. The molecular formula is C26H29NO4. The summed E-state index contributed by atoms with van der Waals surface area (Å²) >= 11 is 0. The van der Waals surface area contributed by atoms with Crippen LogP contribution in [0.2, 0.25) is 0 Å². The molecule has 0 radical (unpaired) electrons. The normalized spacial score (nSPS) is 12.6. The first kappa shape index (κ1) is 22.4. The van der Waals surface area contributed by atoms with E-state index in [2.05, 4.69) is 5.32 Å². The Morgan fingerprint density at radius 3 is 2.29 bits per heavy atom. The highest BCUT2D eigenvalue weighted by molar-refractivity contribution is 5.94. The lowest BCUT2D eigenvalue weighted by Crippen LogP contribution is -2.29. The standard InChI is InChI=1S/C26H29NO4/c1-19(28)15-23(21-11-7-4-8-12-21)17-27-26(29)22-13-14-24(25(16-22)30-2)31-18-20-9-5-3-6-10-20/h3-14,16,19,23,28H,15,17-18H2,1-2H3,(H,27,29). The lowest BCUT2D eigenvalue weighted by Gasteiger charge is -2.20. The predicted octanol–water partition coefficient (Wildman–Crippen LogP) is 4.56. The van der Waals surface area contributed by atoms with Crippen LogP contribution in [-0.2, 0) is 6.61 Å². The number of carbonyl (C=O) groups excluding carboxylic acids is 1. The second-order valence-electron chi connectivity index (χ2n) is 7.54. The van der Waals surface area contributed by atoms with Crippen LogP contribution in [0.15, 0.2) is 78.9 Å². The van der Waals surface area contributed by atoms with Gasteiger partial charge in [0.25, 0.3) is 5.91 Å². The van der Waals surface area contributed by atoms with Crippen molar-refractivity contribution in [2.75, 3.05) is 13.7 Å². The summed E-state index contributed by atoms with van der Waals surface area (Å²) in [4.78, 5) is 12.8. The summed E-state index contributed by atoms with van der Waals surface area (Å²) in [5.74, 6) is 0.922. The van der Waals surface area contributed by atoms with E-state index >= 15 is 0 Å². The van der Waals surface area contributed by atoms with Crippen molar-refractivity contribution in [2.24, 2.45) is 0 Å². The van der Waals surface area contributed by atoms with Gasteiger partial charge in [-0.05, 0) is 42.7 Å². The van der Waals surface area contributed by atoms with Crippen LogP contribution in [0.1, 0.15) is 40.7 Å². The van der Waals surface area contributed by atoms with E-state index in [1.165, 1.54) is 0 Å². The summed E-state index contributed by atoms with van der Waals surface area (Å²) in [6.45, 7) is 2.61. The highest BCUT2D eigenvalue weighted by Gasteiger charge is 2.17. The van der Waals surface area contributed by atoms with Crippen molar-refractivity contribution < 1.29 is 19.4 Å². The second kappa shape index (κ2) is 11.2. The van der Waals surface area contributed by atoms with E-state index in [9.17, 15) is 9.90 Å². The minimum absolute atomic E-state index is 0.0283. The predicted molar refractivity (Wildman–Crippen MR) is 122 cm³/mol. The van der Waals surface area contributed by atoms with Crippen molar-refractivity contribution in [3.8, 4) is 11.5 Å².